The fourth-order valence-corrected chi connectivity index (χ4v) is 3.30. The molecular weight excluding hydrogens is 305 g/mol. The quantitative estimate of drug-likeness (QED) is 0.697. The maximum Gasteiger partial charge on any atom is 0.287 e. The van der Waals surface area contributed by atoms with Gasteiger partial charge < -0.3 is 0 Å². The van der Waals surface area contributed by atoms with E-state index in [4.69, 9.17) is 4.84 Å². The standard InChI is InChI=1S/C15H14FN3O2S/c1-9-12-8-13(14(20)18(2)21-3)22-15(12)19(17-9)11-6-4-10(16)5-7-11/h4-8H,1-3H3. The van der Waals surface area contributed by atoms with E-state index in [-0.39, 0.29) is 11.7 Å². The largest absolute Gasteiger partial charge is 0.287 e. The van der Waals surface area contributed by atoms with Crippen molar-refractivity contribution in [3.8, 4) is 5.69 Å². The van der Waals surface area contributed by atoms with Gasteiger partial charge in [-0.1, -0.05) is 0 Å². The van der Waals surface area contributed by atoms with Crippen LogP contribution in [0.15, 0.2) is 30.3 Å². The monoisotopic (exact) mass is 319 g/mol. The number of rotatable bonds is 3. The van der Waals surface area contributed by atoms with Gasteiger partial charge in [0.2, 0.25) is 0 Å². The predicted octanol–water partition coefficient (Wildman–Crippen LogP) is 3.17. The Morgan fingerprint density at radius 3 is 2.68 bits per heavy atom. The number of hydrogen-bond donors (Lipinski definition) is 0. The summed E-state index contributed by atoms with van der Waals surface area (Å²) >= 11 is 1.33. The first-order chi connectivity index (χ1) is 10.5. The van der Waals surface area contributed by atoms with Gasteiger partial charge in [0, 0.05) is 12.4 Å². The predicted molar refractivity (Wildman–Crippen MR) is 82.7 cm³/mol. The highest BCUT2D eigenvalue weighted by molar-refractivity contribution is 7.20. The number of benzene rings is 1. The van der Waals surface area contributed by atoms with Gasteiger partial charge in [-0.25, -0.2) is 14.1 Å². The van der Waals surface area contributed by atoms with Crippen molar-refractivity contribution in [2.75, 3.05) is 14.2 Å². The summed E-state index contributed by atoms with van der Waals surface area (Å²) in [5.41, 5.74) is 1.56. The Kier molecular flexibility index (Phi) is 3.67. The van der Waals surface area contributed by atoms with Crippen LogP contribution in [0.5, 0.6) is 0 Å². The van der Waals surface area contributed by atoms with Crippen molar-refractivity contribution in [2.24, 2.45) is 0 Å². The van der Waals surface area contributed by atoms with Crippen molar-refractivity contribution in [3.63, 3.8) is 0 Å². The molecule has 22 heavy (non-hydrogen) atoms. The molecule has 0 bridgehead atoms. The SMILES string of the molecule is CON(C)C(=O)c1cc2c(C)nn(-c3ccc(F)cc3)c2s1. The van der Waals surface area contributed by atoms with Gasteiger partial charge in [-0.15, -0.1) is 11.3 Å². The second kappa shape index (κ2) is 5.51. The van der Waals surface area contributed by atoms with Crippen molar-refractivity contribution < 1.29 is 14.0 Å². The molecule has 0 spiro atoms. The van der Waals surface area contributed by atoms with Crippen LogP contribution in [0.3, 0.4) is 0 Å². The van der Waals surface area contributed by atoms with E-state index in [1.807, 2.05) is 6.92 Å². The minimum absolute atomic E-state index is 0.214. The zero-order valence-electron chi connectivity index (χ0n) is 12.3. The number of aryl methyl sites for hydroxylation is 1. The van der Waals surface area contributed by atoms with E-state index in [1.54, 1.807) is 29.9 Å². The Labute approximate surface area is 130 Å². The average Bonchev–Trinajstić information content (AvgIpc) is 3.08. The van der Waals surface area contributed by atoms with Crippen LogP contribution in [0.25, 0.3) is 15.9 Å². The lowest BCUT2D eigenvalue weighted by atomic mass is 10.3. The molecule has 0 fully saturated rings. The number of halogens is 1. The molecule has 0 atom stereocenters. The highest BCUT2D eigenvalue weighted by Gasteiger charge is 2.19. The maximum absolute atomic E-state index is 13.1. The van der Waals surface area contributed by atoms with Crippen LogP contribution >= 0.6 is 11.3 Å². The van der Waals surface area contributed by atoms with E-state index in [0.29, 0.717) is 4.88 Å². The van der Waals surface area contributed by atoms with Gasteiger partial charge in [-0.05, 0) is 37.3 Å². The van der Waals surface area contributed by atoms with E-state index in [9.17, 15) is 9.18 Å². The van der Waals surface area contributed by atoms with Crippen molar-refractivity contribution >= 4 is 27.5 Å². The van der Waals surface area contributed by atoms with E-state index >= 15 is 0 Å². The summed E-state index contributed by atoms with van der Waals surface area (Å²) in [6.07, 6.45) is 0. The van der Waals surface area contributed by atoms with Gasteiger partial charge in [0.05, 0.1) is 23.4 Å². The zero-order valence-corrected chi connectivity index (χ0v) is 13.1. The molecule has 0 unspecified atom stereocenters. The third kappa shape index (κ3) is 2.38. The zero-order chi connectivity index (χ0) is 15.9. The molecule has 0 aliphatic carbocycles. The number of fused-ring (bicyclic) bond motifs is 1. The smallest absolute Gasteiger partial charge is 0.274 e. The van der Waals surface area contributed by atoms with Crippen LogP contribution < -0.4 is 0 Å². The first kappa shape index (κ1) is 14.7. The highest BCUT2D eigenvalue weighted by atomic mass is 32.1. The molecule has 0 N–H and O–H groups in total. The normalized spacial score (nSPS) is 11.1. The summed E-state index contributed by atoms with van der Waals surface area (Å²) in [5, 5.41) is 6.54. The molecule has 0 aliphatic heterocycles. The minimum Gasteiger partial charge on any atom is -0.274 e. The molecular formula is C15H14FN3O2S. The Morgan fingerprint density at radius 1 is 1.36 bits per heavy atom. The van der Waals surface area contributed by atoms with Crippen molar-refractivity contribution in [1.29, 1.82) is 0 Å². The van der Waals surface area contributed by atoms with Crippen LogP contribution in [0.1, 0.15) is 15.4 Å². The van der Waals surface area contributed by atoms with Gasteiger partial charge in [0.1, 0.15) is 10.6 Å². The lowest BCUT2D eigenvalue weighted by Crippen LogP contribution is -2.24. The molecule has 1 amide bonds. The fraction of sp³-hybridized carbons (Fsp3) is 0.200. The Balaban J connectivity index is 2.11. The molecule has 0 radical (unpaired) electrons. The summed E-state index contributed by atoms with van der Waals surface area (Å²) in [6.45, 7) is 1.88. The van der Waals surface area contributed by atoms with Crippen LogP contribution in [-0.2, 0) is 4.84 Å². The number of carbonyl (C=O) groups excluding carboxylic acids is 1. The van der Waals surface area contributed by atoms with Gasteiger partial charge in [0.25, 0.3) is 5.91 Å². The molecule has 2 heterocycles. The maximum atomic E-state index is 13.1. The fourth-order valence-electron chi connectivity index (χ4n) is 2.15. The molecule has 114 valence electrons. The van der Waals surface area contributed by atoms with Gasteiger partial charge in [0.15, 0.2) is 0 Å². The van der Waals surface area contributed by atoms with E-state index in [1.165, 1.54) is 35.6 Å². The van der Waals surface area contributed by atoms with Crippen molar-refractivity contribution in [3.05, 3.63) is 46.7 Å². The van der Waals surface area contributed by atoms with E-state index < -0.39 is 0 Å². The number of carbonyl (C=O) groups is 1. The molecule has 2 aromatic heterocycles. The molecule has 0 saturated carbocycles. The van der Waals surface area contributed by atoms with Crippen molar-refractivity contribution in [2.45, 2.75) is 6.92 Å². The van der Waals surface area contributed by atoms with Crippen LogP contribution in [0, 0.1) is 12.7 Å². The minimum atomic E-state index is -0.298. The summed E-state index contributed by atoms with van der Waals surface area (Å²) in [4.78, 5) is 18.5. The van der Waals surface area contributed by atoms with Crippen LogP contribution in [0.4, 0.5) is 4.39 Å². The molecule has 0 aliphatic rings. The lowest BCUT2D eigenvalue weighted by molar-refractivity contribution is -0.0753. The summed E-state index contributed by atoms with van der Waals surface area (Å²) in [5.74, 6) is -0.513. The first-order valence-corrected chi connectivity index (χ1v) is 7.40. The Bertz CT molecular complexity index is 838. The van der Waals surface area contributed by atoms with Gasteiger partial charge in [-0.2, -0.15) is 5.10 Å². The van der Waals surface area contributed by atoms with Crippen LogP contribution in [0.2, 0.25) is 0 Å². The van der Waals surface area contributed by atoms with Gasteiger partial charge >= 0.3 is 0 Å². The Hall–Kier alpha value is -2.25. The molecule has 3 aromatic rings. The lowest BCUT2D eigenvalue weighted by Gasteiger charge is -2.11. The summed E-state index contributed by atoms with van der Waals surface area (Å²) in [7, 11) is 3.00. The van der Waals surface area contributed by atoms with E-state index in [2.05, 4.69) is 5.10 Å². The number of thiophene rings is 1. The van der Waals surface area contributed by atoms with E-state index in [0.717, 1.165) is 21.6 Å². The van der Waals surface area contributed by atoms with Crippen molar-refractivity contribution in [1.82, 2.24) is 14.8 Å². The third-order valence-electron chi connectivity index (χ3n) is 3.39. The second-order valence-corrected chi connectivity index (χ2v) is 5.82. The average molecular weight is 319 g/mol. The number of nitrogens with zero attached hydrogens (tertiary/aromatic N) is 3. The molecule has 3 rings (SSSR count). The number of amides is 1. The molecule has 1 aromatic carbocycles. The molecule has 0 saturated heterocycles. The number of aromatic nitrogens is 2. The third-order valence-corrected chi connectivity index (χ3v) is 4.49. The van der Waals surface area contributed by atoms with Crippen LogP contribution in [-0.4, -0.2) is 34.9 Å². The topological polar surface area (TPSA) is 47.4 Å². The molecule has 5 nitrogen and oxygen atoms in total. The summed E-state index contributed by atoms with van der Waals surface area (Å²) in [6, 6.07) is 7.89. The number of hydroxylamine groups is 2. The molecule has 7 heteroatoms. The number of hydrogen-bond acceptors (Lipinski definition) is 4. The summed E-state index contributed by atoms with van der Waals surface area (Å²) < 4.78 is 14.8. The first-order valence-electron chi connectivity index (χ1n) is 6.58. The second-order valence-electron chi connectivity index (χ2n) is 4.79. The Morgan fingerprint density at radius 2 is 2.05 bits per heavy atom. The highest BCUT2D eigenvalue weighted by Crippen LogP contribution is 2.31. The van der Waals surface area contributed by atoms with Gasteiger partial charge in [-0.3, -0.25) is 9.63 Å².